The smallest absolute Gasteiger partial charge is 0.387 e. The van der Waals surface area contributed by atoms with Crippen molar-refractivity contribution >= 4 is 72.3 Å². The molecule has 11 atom stereocenters. The molecule has 25 nitrogen and oxygen atoms in total. The molecule has 6 heterocycles. The molecule has 268 valence electrons. The summed E-state index contributed by atoms with van der Waals surface area (Å²) >= 11 is 4.37. The monoisotopic (exact) mass is 772 g/mol. The van der Waals surface area contributed by atoms with Crippen molar-refractivity contribution in [2.24, 2.45) is 0 Å². The first-order valence-corrected chi connectivity index (χ1v) is 18.5. The van der Waals surface area contributed by atoms with Crippen LogP contribution < -0.4 is 22.6 Å². The number of ether oxygens (including phenoxy) is 2. The molecule has 0 radical (unpaired) electrons. The second-order valence-electron chi connectivity index (χ2n) is 10.5. The van der Waals surface area contributed by atoms with E-state index in [9.17, 15) is 54.4 Å². The van der Waals surface area contributed by atoms with Gasteiger partial charge in [0.2, 0.25) is 11.9 Å². The SMILES string of the molecule is Nc1nc2c(ncn2[C@@H]2O[C@H](C(O)SC(OP(=O)(O)OP(O)(O)=S)[C@H]3O[C@@H](n4cnc5c(=O)[nH]c(N)nc54)[C@H](O)[C@@H]3O)[C@@H](O)[C@H]2O)c(=O)[nH]1. The molecule has 4 aromatic rings. The minimum Gasteiger partial charge on any atom is -0.387 e. The predicted molar refractivity (Wildman–Crippen MR) is 165 cm³/mol. The Bertz CT molecular complexity index is 2110. The number of hydrogen-bond donors (Lipinski definition) is 12. The van der Waals surface area contributed by atoms with Gasteiger partial charge in [-0.3, -0.25) is 33.2 Å². The molecule has 14 N–H and O–H groups in total. The number of nitrogen functional groups attached to an aromatic ring is 2. The number of rotatable bonds is 10. The number of phosphoric acid groups is 1. The minimum absolute atomic E-state index is 0.132. The van der Waals surface area contributed by atoms with Gasteiger partial charge in [-0.1, -0.05) is 11.8 Å². The van der Waals surface area contributed by atoms with E-state index >= 15 is 0 Å². The van der Waals surface area contributed by atoms with Crippen LogP contribution in [0.5, 0.6) is 0 Å². The van der Waals surface area contributed by atoms with Crippen molar-refractivity contribution in [2.75, 3.05) is 11.5 Å². The summed E-state index contributed by atoms with van der Waals surface area (Å²) in [6.45, 7) is -4.87. The molecule has 0 amide bonds. The highest BCUT2D eigenvalue weighted by atomic mass is 32.5. The van der Waals surface area contributed by atoms with Gasteiger partial charge >= 0.3 is 14.5 Å². The number of anilines is 2. The first-order chi connectivity index (χ1) is 22.8. The molecule has 0 saturated carbocycles. The van der Waals surface area contributed by atoms with Crippen LogP contribution in [-0.4, -0.2) is 127 Å². The van der Waals surface area contributed by atoms with E-state index in [1.165, 1.54) is 0 Å². The molecular formula is C20H26N10O15P2S2. The number of nitrogens with two attached hydrogens (primary N) is 2. The zero-order valence-electron chi connectivity index (χ0n) is 23.9. The van der Waals surface area contributed by atoms with E-state index in [2.05, 4.69) is 46.0 Å². The maximum atomic E-state index is 12.8. The average molecular weight is 773 g/mol. The molecule has 0 bridgehead atoms. The van der Waals surface area contributed by atoms with Crippen molar-refractivity contribution in [1.82, 2.24) is 39.0 Å². The molecule has 2 aliphatic heterocycles. The van der Waals surface area contributed by atoms with Gasteiger partial charge in [0.1, 0.15) is 47.5 Å². The number of aromatic amines is 2. The third-order valence-corrected chi connectivity index (χ3v) is 11.4. The third kappa shape index (κ3) is 6.89. The Morgan fingerprint density at radius 3 is 1.78 bits per heavy atom. The first-order valence-electron chi connectivity index (χ1n) is 13.4. The van der Waals surface area contributed by atoms with Gasteiger partial charge in [-0.15, -0.1) is 0 Å². The van der Waals surface area contributed by atoms with Crippen molar-refractivity contribution < 1.29 is 63.1 Å². The lowest BCUT2D eigenvalue weighted by atomic mass is 10.1. The van der Waals surface area contributed by atoms with Gasteiger partial charge < -0.3 is 61.2 Å². The van der Waals surface area contributed by atoms with Crippen molar-refractivity contribution in [3.8, 4) is 0 Å². The number of H-pyrrole nitrogens is 2. The summed E-state index contributed by atoms with van der Waals surface area (Å²) in [4.78, 5) is 73.8. The molecule has 2 fully saturated rings. The lowest BCUT2D eigenvalue weighted by molar-refractivity contribution is -0.0666. The van der Waals surface area contributed by atoms with E-state index in [-0.39, 0.29) is 46.0 Å². The van der Waals surface area contributed by atoms with Crippen LogP contribution in [0.25, 0.3) is 22.3 Å². The molecule has 2 saturated heterocycles. The number of hydrogen-bond acceptors (Lipinski definition) is 20. The number of phosphoric ester groups is 1. The fourth-order valence-corrected chi connectivity index (χ4v) is 9.14. The summed E-state index contributed by atoms with van der Waals surface area (Å²) in [6, 6.07) is 0. The number of aromatic nitrogens is 8. The number of nitrogens with zero attached hydrogens (tertiary/aromatic N) is 6. The molecule has 2 aliphatic rings. The quantitative estimate of drug-likeness (QED) is 0.0532. The predicted octanol–water partition coefficient (Wildman–Crippen LogP) is -4.62. The number of aliphatic hydroxyl groups excluding tert-OH is 5. The van der Waals surface area contributed by atoms with Gasteiger partial charge in [-0.05, 0) is 11.8 Å². The molecule has 49 heavy (non-hydrogen) atoms. The Labute approximate surface area is 279 Å². The fraction of sp³-hybridized carbons (Fsp3) is 0.500. The van der Waals surface area contributed by atoms with Gasteiger partial charge in [0.15, 0.2) is 34.8 Å². The highest BCUT2D eigenvalue weighted by molar-refractivity contribution is 8.08. The van der Waals surface area contributed by atoms with Crippen LogP contribution in [-0.2, 0) is 34.7 Å². The van der Waals surface area contributed by atoms with Crippen LogP contribution in [0, 0.1) is 0 Å². The van der Waals surface area contributed by atoms with Crippen molar-refractivity contribution in [1.29, 1.82) is 0 Å². The standard InChI is InChI=1S/C20H26N10O15P2S2/c21-19-25-11-3(13(35)27-19)23-1-29(11)15-7(33)5(31)9(42-15)17(37)49-18(44-46(38,39)45-47(40,41)48)10-6(32)8(34)16(43-10)30-2-24-4-12(30)26-20(22)28-14(4)36/h1-2,5-10,15-18,31-34,37H,(H,38,39)(H2,40,41,48)(H3,21,25,27,35)(H3,22,26,28,36)/t5-,6-,7+,8+,9-,10-,15+,16+,17?,18?/m0/s1. The van der Waals surface area contributed by atoms with Crippen LogP contribution in [0.4, 0.5) is 11.9 Å². The highest BCUT2D eigenvalue weighted by Gasteiger charge is 2.54. The summed E-state index contributed by atoms with van der Waals surface area (Å²) in [5, 5.41) is 54.8. The summed E-state index contributed by atoms with van der Waals surface area (Å²) in [7, 11) is -5.58. The van der Waals surface area contributed by atoms with Gasteiger partial charge in [-0.25, -0.2) is 18.8 Å². The first kappa shape index (κ1) is 35.9. The maximum Gasteiger partial charge on any atom is 0.480 e. The van der Waals surface area contributed by atoms with Crippen LogP contribution in [0.2, 0.25) is 0 Å². The normalized spacial score (nSPS) is 30.2. The zero-order valence-corrected chi connectivity index (χ0v) is 27.3. The van der Waals surface area contributed by atoms with E-state index in [1.807, 2.05) is 0 Å². The molecule has 4 aromatic heterocycles. The number of thioether (sulfide) groups is 1. The molecule has 29 heteroatoms. The Morgan fingerprint density at radius 1 is 0.857 bits per heavy atom. The van der Waals surface area contributed by atoms with Crippen LogP contribution in [0.1, 0.15) is 12.5 Å². The van der Waals surface area contributed by atoms with E-state index < -0.39 is 85.6 Å². The van der Waals surface area contributed by atoms with Crippen LogP contribution in [0.15, 0.2) is 22.2 Å². The van der Waals surface area contributed by atoms with Crippen LogP contribution in [0.3, 0.4) is 0 Å². The molecule has 3 unspecified atom stereocenters. The second-order valence-corrected chi connectivity index (χ2v) is 16.0. The fourth-order valence-electron chi connectivity index (χ4n) is 5.21. The average Bonchev–Trinajstić information content (AvgIpc) is 3.73. The Kier molecular flexibility index (Phi) is 9.50. The molecule has 0 spiro atoms. The van der Waals surface area contributed by atoms with Crippen LogP contribution >= 0.6 is 26.3 Å². The van der Waals surface area contributed by atoms with Gasteiger partial charge in [0, 0.05) is 0 Å². The number of fused-ring (bicyclic) bond motifs is 2. The summed E-state index contributed by atoms with van der Waals surface area (Å²) in [5.41, 5.74) is 4.82. The van der Waals surface area contributed by atoms with Gasteiger partial charge in [0.25, 0.3) is 11.1 Å². The molecular weight excluding hydrogens is 746 g/mol. The number of imidazole rings is 2. The van der Waals surface area contributed by atoms with E-state index in [0.717, 1.165) is 21.8 Å². The molecule has 6 rings (SSSR count). The Morgan fingerprint density at radius 2 is 1.31 bits per heavy atom. The molecule has 0 aromatic carbocycles. The lowest BCUT2D eigenvalue weighted by Gasteiger charge is -2.30. The largest absolute Gasteiger partial charge is 0.480 e. The summed E-state index contributed by atoms with van der Waals surface area (Å²) < 4.78 is 35.5. The maximum absolute atomic E-state index is 12.8. The Balaban J connectivity index is 1.29. The molecule has 0 aliphatic carbocycles. The van der Waals surface area contributed by atoms with E-state index in [1.54, 1.807) is 0 Å². The van der Waals surface area contributed by atoms with E-state index in [0.29, 0.717) is 0 Å². The minimum atomic E-state index is -5.58. The zero-order chi connectivity index (χ0) is 35.7. The summed E-state index contributed by atoms with van der Waals surface area (Å²) in [5.74, 6) is -0.645. The van der Waals surface area contributed by atoms with Crippen molar-refractivity contribution in [2.45, 2.75) is 60.0 Å². The van der Waals surface area contributed by atoms with Gasteiger partial charge in [0.05, 0.1) is 12.7 Å². The van der Waals surface area contributed by atoms with E-state index in [4.69, 9.17) is 25.5 Å². The number of nitrogens with one attached hydrogen (secondary N) is 2. The third-order valence-electron chi connectivity index (χ3n) is 7.27. The van der Waals surface area contributed by atoms with Crippen molar-refractivity contribution in [3.05, 3.63) is 33.4 Å². The topological polar surface area (TPSA) is 395 Å². The lowest BCUT2D eigenvalue weighted by Crippen LogP contribution is -2.42. The van der Waals surface area contributed by atoms with Gasteiger partial charge in [-0.2, -0.15) is 9.97 Å². The second kappa shape index (κ2) is 13.0. The summed E-state index contributed by atoms with van der Waals surface area (Å²) in [6.07, 6.45) is -12.4. The Hall–Kier alpha value is -2.95. The highest BCUT2D eigenvalue weighted by Crippen LogP contribution is 2.60. The van der Waals surface area contributed by atoms with Crippen molar-refractivity contribution in [3.63, 3.8) is 0 Å². The number of aliphatic hydroxyl groups is 5.